The maximum atomic E-state index is 11.4. The first kappa shape index (κ1) is 11.9. The third-order valence-electron chi connectivity index (χ3n) is 3.68. The highest BCUT2D eigenvalue weighted by atomic mass is 16.3. The van der Waals surface area contributed by atoms with Crippen molar-refractivity contribution in [3.8, 4) is 0 Å². The van der Waals surface area contributed by atoms with E-state index in [0.29, 0.717) is 12.1 Å². The molecule has 1 atom stereocenters. The van der Waals surface area contributed by atoms with Gasteiger partial charge in [0.15, 0.2) is 0 Å². The van der Waals surface area contributed by atoms with Crippen LogP contribution < -0.4 is 0 Å². The zero-order valence-electron chi connectivity index (χ0n) is 10.1. The molecule has 2 fully saturated rings. The first-order valence-corrected chi connectivity index (χ1v) is 6.34. The van der Waals surface area contributed by atoms with Gasteiger partial charge in [-0.15, -0.1) is 0 Å². The quantitative estimate of drug-likeness (QED) is 0.757. The Morgan fingerprint density at radius 1 is 1.38 bits per heavy atom. The van der Waals surface area contributed by atoms with Crippen molar-refractivity contribution in [3.05, 3.63) is 0 Å². The highest BCUT2D eigenvalue weighted by molar-refractivity contribution is 5.73. The lowest BCUT2D eigenvalue weighted by atomic mass is 10.0. The lowest BCUT2D eigenvalue weighted by Gasteiger charge is -2.39. The van der Waals surface area contributed by atoms with Crippen molar-refractivity contribution in [2.75, 3.05) is 26.2 Å². The predicted octanol–water partition coefficient (Wildman–Crippen LogP) is 0.454. The van der Waals surface area contributed by atoms with Gasteiger partial charge in [-0.3, -0.25) is 9.69 Å². The minimum Gasteiger partial charge on any atom is -0.395 e. The average molecular weight is 226 g/mol. The number of amides is 1. The van der Waals surface area contributed by atoms with Crippen LogP contribution in [-0.2, 0) is 4.79 Å². The summed E-state index contributed by atoms with van der Waals surface area (Å²) in [6.45, 7) is 4.40. The van der Waals surface area contributed by atoms with E-state index in [1.54, 1.807) is 6.92 Å². The van der Waals surface area contributed by atoms with E-state index in [9.17, 15) is 4.79 Å². The Balaban J connectivity index is 1.93. The van der Waals surface area contributed by atoms with Gasteiger partial charge in [-0.2, -0.15) is 0 Å². The Morgan fingerprint density at radius 3 is 2.69 bits per heavy atom. The van der Waals surface area contributed by atoms with Crippen molar-refractivity contribution in [2.45, 2.75) is 44.7 Å². The molecule has 1 aliphatic heterocycles. The Bertz CT molecular complexity index is 253. The van der Waals surface area contributed by atoms with E-state index in [-0.39, 0.29) is 12.5 Å². The fourth-order valence-electron chi connectivity index (χ4n) is 2.70. The van der Waals surface area contributed by atoms with Crippen LogP contribution in [0.2, 0.25) is 0 Å². The minimum atomic E-state index is 0.185. The van der Waals surface area contributed by atoms with Gasteiger partial charge in [0.2, 0.25) is 5.91 Å². The summed E-state index contributed by atoms with van der Waals surface area (Å²) in [5, 5.41) is 9.10. The lowest BCUT2D eigenvalue weighted by molar-refractivity contribution is -0.131. The molecule has 0 bridgehead atoms. The van der Waals surface area contributed by atoms with Gasteiger partial charge in [-0.25, -0.2) is 0 Å². The van der Waals surface area contributed by atoms with Gasteiger partial charge in [-0.1, -0.05) is 0 Å². The zero-order chi connectivity index (χ0) is 11.5. The molecule has 1 heterocycles. The second-order valence-corrected chi connectivity index (χ2v) is 4.95. The summed E-state index contributed by atoms with van der Waals surface area (Å²) in [4.78, 5) is 15.7. The summed E-state index contributed by atoms with van der Waals surface area (Å²) in [7, 11) is 0. The molecule has 1 saturated heterocycles. The smallest absolute Gasteiger partial charge is 0.219 e. The Kier molecular flexibility index (Phi) is 3.82. The van der Waals surface area contributed by atoms with Crippen molar-refractivity contribution < 1.29 is 9.90 Å². The van der Waals surface area contributed by atoms with E-state index < -0.39 is 0 Å². The van der Waals surface area contributed by atoms with Crippen LogP contribution in [0.5, 0.6) is 0 Å². The van der Waals surface area contributed by atoms with Crippen LogP contribution in [0.3, 0.4) is 0 Å². The van der Waals surface area contributed by atoms with E-state index in [1.807, 2.05) is 4.90 Å². The second-order valence-electron chi connectivity index (χ2n) is 4.95. The van der Waals surface area contributed by atoms with Crippen molar-refractivity contribution in [1.29, 1.82) is 0 Å². The second kappa shape index (κ2) is 5.15. The molecule has 1 aliphatic carbocycles. The van der Waals surface area contributed by atoms with E-state index in [4.69, 9.17) is 5.11 Å². The standard InChI is InChI=1S/C12H22N2O2/c1-10(16)13-6-2-3-12(9-13)14(7-8-15)11-4-5-11/h11-12,15H,2-9H2,1H3/t12-/m0/s1. The molecule has 1 N–H and O–H groups in total. The molecule has 2 rings (SSSR count). The van der Waals surface area contributed by atoms with Crippen LogP contribution in [0.25, 0.3) is 0 Å². The number of carbonyl (C=O) groups excluding carboxylic acids is 1. The maximum Gasteiger partial charge on any atom is 0.219 e. The number of nitrogens with zero attached hydrogens (tertiary/aromatic N) is 2. The van der Waals surface area contributed by atoms with Crippen LogP contribution in [0.4, 0.5) is 0 Å². The number of aliphatic hydroxyl groups is 1. The molecular weight excluding hydrogens is 204 g/mol. The van der Waals surface area contributed by atoms with Crippen molar-refractivity contribution in [3.63, 3.8) is 0 Å². The molecule has 0 unspecified atom stereocenters. The highest BCUT2D eigenvalue weighted by Gasteiger charge is 2.35. The SMILES string of the molecule is CC(=O)N1CCC[C@H](N(CCO)C2CC2)C1. The first-order valence-electron chi connectivity index (χ1n) is 6.34. The van der Waals surface area contributed by atoms with E-state index >= 15 is 0 Å². The predicted molar refractivity (Wildman–Crippen MR) is 62.1 cm³/mol. The molecule has 4 heteroatoms. The number of piperidine rings is 1. The molecule has 0 spiro atoms. The van der Waals surface area contributed by atoms with Gasteiger partial charge in [-0.05, 0) is 25.7 Å². The van der Waals surface area contributed by atoms with Crippen molar-refractivity contribution in [2.24, 2.45) is 0 Å². The van der Waals surface area contributed by atoms with Crippen LogP contribution >= 0.6 is 0 Å². The summed E-state index contributed by atoms with van der Waals surface area (Å²) in [6.07, 6.45) is 4.78. The number of hydrogen-bond acceptors (Lipinski definition) is 3. The van der Waals surface area contributed by atoms with Crippen molar-refractivity contribution in [1.82, 2.24) is 9.80 Å². The van der Waals surface area contributed by atoms with Crippen LogP contribution in [-0.4, -0.2) is 59.1 Å². The molecule has 1 amide bonds. The van der Waals surface area contributed by atoms with Gasteiger partial charge in [0.1, 0.15) is 0 Å². The van der Waals surface area contributed by atoms with Gasteiger partial charge in [0.25, 0.3) is 0 Å². The van der Waals surface area contributed by atoms with Gasteiger partial charge in [0, 0.05) is 38.6 Å². The molecule has 92 valence electrons. The molecule has 0 aromatic rings. The molecule has 16 heavy (non-hydrogen) atoms. The summed E-state index contributed by atoms with van der Waals surface area (Å²) in [5.74, 6) is 0.185. The van der Waals surface area contributed by atoms with E-state index in [2.05, 4.69) is 4.90 Å². The van der Waals surface area contributed by atoms with Crippen LogP contribution in [0.1, 0.15) is 32.6 Å². The van der Waals surface area contributed by atoms with Gasteiger partial charge >= 0.3 is 0 Å². The van der Waals surface area contributed by atoms with E-state index in [0.717, 1.165) is 26.1 Å². The summed E-state index contributed by atoms with van der Waals surface area (Å²) < 4.78 is 0. The number of rotatable bonds is 4. The van der Waals surface area contributed by atoms with Crippen LogP contribution in [0, 0.1) is 0 Å². The Morgan fingerprint density at radius 2 is 2.12 bits per heavy atom. The Labute approximate surface area is 97.2 Å². The highest BCUT2D eigenvalue weighted by Crippen LogP contribution is 2.30. The molecule has 0 aromatic carbocycles. The average Bonchev–Trinajstić information content (AvgIpc) is 3.10. The monoisotopic (exact) mass is 226 g/mol. The number of hydrogen-bond donors (Lipinski definition) is 1. The third kappa shape index (κ3) is 2.74. The molecule has 2 aliphatic rings. The van der Waals surface area contributed by atoms with Gasteiger partial charge in [0.05, 0.1) is 6.61 Å². The lowest BCUT2D eigenvalue weighted by Crippen LogP contribution is -2.50. The largest absolute Gasteiger partial charge is 0.395 e. The molecule has 1 saturated carbocycles. The fourth-order valence-corrected chi connectivity index (χ4v) is 2.70. The maximum absolute atomic E-state index is 11.4. The van der Waals surface area contributed by atoms with Gasteiger partial charge < -0.3 is 10.0 Å². The molecule has 0 radical (unpaired) electrons. The zero-order valence-corrected chi connectivity index (χ0v) is 10.1. The van der Waals surface area contributed by atoms with E-state index in [1.165, 1.54) is 19.3 Å². The number of carbonyl (C=O) groups is 1. The number of aliphatic hydroxyl groups excluding tert-OH is 1. The third-order valence-corrected chi connectivity index (χ3v) is 3.68. The van der Waals surface area contributed by atoms with Crippen molar-refractivity contribution >= 4 is 5.91 Å². The topological polar surface area (TPSA) is 43.8 Å². The normalized spacial score (nSPS) is 26.2. The fraction of sp³-hybridized carbons (Fsp3) is 0.917. The number of likely N-dealkylation sites (tertiary alicyclic amines) is 1. The summed E-state index contributed by atoms with van der Waals surface area (Å²) in [5.41, 5.74) is 0. The minimum absolute atomic E-state index is 0.185. The molecule has 4 nitrogen and oxygen atoms in total. The first-order chi connectivity index (χ1) is 7.72. The van der Waals surface area contributed by atoms with Crippen LogP contribution in [0.15, 0.2) is 0 Å². The summed E-state index contributed by atoms with van der Waals surface area (Å²) in [6, 6.07) is 1.14. The molecular formula is C12H22N2O2. The summed E-state index contributed by atoms with van der Waals surface area (Å²) >= 11 is 0. The Hall–Kier alpha value is -0.610. The molecule has 0 aromatic heterocycles.